The summed E-state index contributed by atoms with van der Waals surface area (Å²) in [6.07, 6.45) is 5.59. The molecule has 0 radical (unpaired) electrons. The lowest BCUT2D eigenvalue weighted by Gasteiger charge is -2.40. The summed E-state index contributed by atoms with van der Waals surface area (Å²) in [5, 5.41) is 0.585. The van der Waals surface area contributed by atoms with Crippen LogP contribution in [0.3, 0.4) is 0 Å². The van der Waals surface area contributed by atoms with Crippen molar-refractivity contribution in [1.29, 1.82) is 0 Å². The van der Waals surface area contributed by atoms with E-state index in [0.29, 0.717) is 10.6 Å². The molecule has 0 unspecified atom stereocenters. The van der Waals surface area contributed by atoms with Crippen molar-refractivity contribution in [2.45, 2.75) is 33.1 Å². The Hall–Kier alpha value is -0.760. The first-order chi connectivity index (χ1) is 7.63. The molecule has 0 saturated carbocycles. The monoisotopic (exact) mass is 238 g/mol. The van der Waals surface area contributed by atoms with Gasteiger partial charge in [-0.2, -0.15) is 0 Å². The molecule has 0 atom stereocenters. The number of aromatic nitrogens is 1. The molecular formula is C13H19ClN2. The molecule has 0 aromatic carbocycles. The van der Waals surface area contributed by atoms with Crippen LogP contribution in [-0.2, 0) is 0 Å². The van der Waals surface area contributed by atoms with Gasteiger partial charge in [0.05, 0.1) is 0 Å². The first-order valence-electron chi connectivity index (χ1n) is 5.99. The van der Waals surface area contributed by atoms with Crippen molar-refractivity contribution in [2.75, 3.05) is 18.0 Å². The second-order valence-corrected chi connectivity index (χ2v) is 5.38. The quantitative estimate of drug-likeness (QED) is 0.730. The summed E-state index contributed by atoms with van der Waals surface area (Å²) in [7, 11) is 0. The van der Waals surface area contributed by atoms with Gasteiger partial charge >= 0.3 is 0 Å². The number of anilines is 1. The van der Waals surface area contributed by atoms with Crippen LogP contribution >= 0.6 is 11.6 Å². The highest BCUT2D eigenvalue weighted by molar-refractivity contribution is 6.29. The first kappa shape index (κ1) is 11.7. The van der Waals surface area contributed by atoms with Crippen LogP contribution in [0.25, 0.3) is 0 Å². The number of halogens is 1. The van der Waals surface area contributed by atoms with Crippen LogP contribution in [0.2, 0.25) is 5.15 Å². The van der Waals surface area contributed by atoms with Gasteiger partial charge in [0.15, 0.2) is 0 Å². The normalized spacial score (nSPS) is 19.8. The van der Waals surface area contributed by atoms with Gasteiger partial charge in [-0.3, -0.25) is 0 Å². The Morgan fingerprint density at radius 2 is 2.12 bits per heavy atom. The van der Waals surface area contributed by atoms with Crippen molar-refractivity contribution in [3.63, 3.8) is 0 Å². The zero-order valence-corrected chi connectivity index (χ0v) is 10.8. The molecule has 1 fully saturated rings. The van der Waals surface area contributed by atoms with E-state index in [0.717, 1.165) is 13.1 Å². The van der Waals surface area contributed by atoms with Crippen molar-refractivity contribution >= 4 is 17.3 Å². The molecular weight excluding hydrogens is 220 g/mol. The van der Waals surface area contributed by atoms with Crippen LogP contribution in [0.1, 0.15) is 33.1 Å². The molecule has 3 heteroatoms. The van der Waals surface area contributed by atoms with E-state index in [-0.39, 0.29) is 0 Å². The molecule has 1 aromatic rings. The van der Waals surface area contributed by atoms with E-state index in [1.54, 1.807) is 6.20 Å². The molecule has 0 amide bonds. The van der Waals surface area contributed by atoms with Crippen LogP contribution in [0, 0.1) is 5.41 Å². The summed E-state index contributed by atoms with van der Waals surface area (Å²) < 4.78 is 0. The third-order valence-electron chi connectivity index (χ3n) is 3.90. The largest absolute Gasteiger partial charge is 0.371 e. The first-order valence-corrected chi connectivity index (χ1v) is 6.37. The highest BCUT2D eigenvalue weighted by atomic mass is 35.5. The minimum absolute atomic E-state index is 0.535. The van der Waals surface area contributed by atoms with Gasteiger partial charge in [0.1, 0.15) is 5.15 Å². The fourth-order valence-electron chi connectivity index (χ4n) is 2.25. The van der Waals surface area contributed by atoms with E-state index >= 15 is 0 Å². The Kier molecular flexibility index (Phi) is 3.38. The van der Waals surface area contributed by atoms with Crippen LogP contribution in [0.4, 0.5) is 5.69 Å². The topological polar surface area (TPSA) is 16.1 Å². The van der Waals surface area contributed by atoms with Gasteiger partial charge < -0.3 is 4.90 Å². The summed E-state index contributed by atoms with van der Waals surface area (Å²) in [4.78, 5) is 6.43. The number of hydrogen-bond acceptors (Lipinski definition) is 2. The molecule has 0 spiro atoms. The molecule has 16 heavy (non-hydrogen) atoms. The van der Waals surface area contributed by atoms with E-state index in [1.807, 2.05) is 12.1 Å². The number of rotatable bonds is 2. The third kappa shape index (κ3) is 2.49. The molecule has 88 valence electrons. The van der Waals surface area contributed by atoms with Gasteiger partial charge in [-0.05, 0) is 30.4 Å². The van der Waals surface area contributed by atoms with Crippen molar-refractivity contribution in [3.8, 4) is 0 Å². The van der Waals surface area contributed by atoms with Gasteiger partial charge in [-0.25, -0.2) is 4.98 Å². The maximum Gasteiger partial charge on any atom is 0.131 e. The highest BCUT2D eigenvalue weighted by Crippen LogP contribution is 2.35. The Balaban J connectivity index is 2.04. The second-order valence-electron chi connectivity index (χ2n) is 4.99. The Labute approximate surface area is 103 Å². The molecule has 0 N–H and O–H groups in total. The molecule has 0 aliphatic carbocycles. The summed E-state index contributed by atoms with van der Waals surface area (Å²) >= 11 is 5.91. The molecule has 0 bridgehead atoms. The van der Waals surface area contributed by atoms with Crippen LogP contribution in [0.5, 0.6) is 0 Å². The Morgan fingerprint density at radius 1 is 1.44 bits per heavy atom. The lowest BCUT2D eigenvalue weighted by Crippen LogP contribution is -2.38. The van der Waals surface area contributed by atoms with Crippen LogP contribution < -0.4 is 4.90 Å². The SMILES string of the molecule is CCC1(C)CCN(c2ccnc(Cl)c2)CC1. The zero-order valence-electron chi connectivity index (χ0n) is 10.0. The minimum atomic E-state index is 0.535. The number of pyridine rings is 1. The van der Waals surface area contributed by atoms with Crippen molar-refractivity contribution in [1.82, 2.24) is 4.98 Å². The van der Waals surface area contributed by atoms with Crippen LogP contribution in [-0.4, -0.2) is 18.1 Å². The van der Waals surface area contributed by atoms with Gasteiger partial charge in [0.25, 0.3) is 0 Å². The average Bonchev–Trinajstić information content (AvgIpc) is 2.30. The fraction of sp³-hybridized carbons (Fsp3) is 0.615. The van der Waals surface area contributed by atoms with Gasteiger partial charge in [0.2, 0.25) is 0 Å². The average molecular weight is 239 g/mol. The summed E-state index contributed by atoms with van der Waals surface area (Å²) in [6.45, 7) is 6.94. The number of hydrogen-bond donors (Lipinski definition) is 0. The Bertz CT molecular complexity index is 357. The smallest absolute Gasteiger partial charge is 0.131 e. The van der Waals surface area contributed by atoms with E-state index in [2.05, 4.69) is 23.7 Å². The number of nitrogens with zero attached hydrogens (tertiary/aromatic N) is 2. The minimum Gasteiger partial charge on any atom is -0.371 e. The highest BCUT2D eigenvalue weighted by Gasteiger charge is 2.28. The predicted octanol–water partition coefficient (Wildman–Crippen LogP) is 3.75. The molecule has 1 aliphatic rings. The van der Waals surface area contributed by atoms with Gasteiger partial charge in [-0.15, -0.1) is 0 Å². The van der Waals surface area contributed by atoms with Crippen molar-refractivity contribution in [2.24, 2.45) is 5.41 Å². The molecule has 1 aromatic heterocycles. The molecule has 1 saturated heterocycles. The summed E-state index contributed by atoms with van der Waals surface area (Å²) in [6, 6.07) is 4.00. The van der Waals surface area contributed by atoms with E-state index in [4.69, 9.17) is 11.6 Å². The van der Waals surface area contributed by atoms with E-state index < -0.39 is 0 Å². The molecule has 1 aliphatic heterocycles. The summed E-state index contributed by atoms with van der Waals surface area (Å²) in [5.74, 6) is 0. The fourth-order valence-corrected chi connectivity index (χ4v) is 2.42. The summed E-state index contributed by atoms with van der Waals surface area (Å²) in [5.41, 5.74) is 1.74. The van der Waals surface area contributed by atoms with E-state index in [9.17, 15) is 0 Å². The molecule has 2 nitrogen and oxygen atoms in total. The second kappa shape index (κ2) is 4.62. The predicted molar refractivity (Wildman–Crippen MR) is 69.1 cm³/mol. The maximum absolute atomic E-state index is 5.91. The number of piperidine rings is 1. The molecule has 2 heterocycles. The Morgan fingerprint density at radius 3 is 2.69 bits per heavy atom. The molecule has 2 rings (SSSR count). The lowest BCUT2D eigenvalue weighted by atomic mass is 9.78. The van der Waals surface area contributed by atoms with E-state index in [1.165, 1.54) is 24.9 Å². The van der Waals surface area contributed by atoms with Gasteiger partial charge in [-0.1, -0.05) is 31.9 Å². The van der Waals surface area contributed by atoms with Crippen molar-refractivity contribution in [3.05, 3.63) is 23.5 Å². The third-order valence-corrected chi connectivity index (χ3v) is 4.11. The van der Waals surface area contributed by atoms with Gasteiger partial charge in [0, 0.05) is 25.0 Å². The van der Waals surface area contributed by atoms with Crippen LogP contribution in [0.15, 0.2) is 18.3 Å². The lowest BCUT2D eigenvalue weighted by molar-refractivity contribution is 0.238. The van der Waals surface area contributed by atoms with Crippen molar-refractivity contribution < 1.29 is 0 Å². The maximum atomic E-state index is 5.91. The standard InChI is InChI=1S/C13H19ClN2/c1-3-13(2)5-8-16(9-6-13)11-4-7-15-12(14)10-11/h4,7,10H,3,5-6,8-9H2,1-2H3. The zero-order chi connectivity index (χ0) is 11.6.